The molecule has 0 aromatic carbocycles. The van der Waals surface area contributed by atoms with E-state index in [1.807, 2.05) is 6.92 Å². The molecule has 9 nitrogen and oxygen atoms in total. The maximum Gasteiger partial charge on any atom is 1.00 e. The summed E-state index contributed by atoms with van der Waals surface area (Å²) in [7, 11) is 0. The number of thioether (sulfide) groups is 1. The van der Waals surface area contributed by atoms with Crippen molar-refractivity contribution in [3.05, 3.63) is 21.7 Å². The molecule has 3 aliphatic heterocycles. The Labute approximate surface area is 215 Å². The normalized spacial score (nSPS) is 28.0. The van der Waals surface area contributed by atoms with E-state index in [4.69, 9.17) is 0 Å². The van der Waals surface area contributed by atoms with Crippen molar-refractivity contribution >= 4 is 46.0 Å². The van der Waals surface area contributed by atoms with Crippen LogP contribution in [-0.4, -0.2) is 69.3 Å². The fraction of sp³-hybridized carbons (Fsp3) is 0.600. The number of thiazole rings is 1. The number of rotatable bonds is 7. The fourth-order valence-corrected chi connectivity index (χ4v) is 6.86. The number of aliphatic hydroxyl groups is 1. The zero-order chi connectivity index (χ0) is 22.0. The van der Waals surface area contributed by atoms with E-state index >= 15 is 0 Å². The van der Waals surface area contributed by atoms with Gasteiger partial charge in [-0.3, -0.25) is 9.59 Å². The molecule has 2 saturated heterocycles. The number of carboxylic acids is 1. The topological polar surface area (TPSA) is 126 Å². The van der Waals surface area contributed by atoms with Crippen LogP contribution in [0.4, 0.5) is 5.13 Å². The van der Waals surface area contributed by atoms with E-state index in [0.717, 1.165) is 18.0 Å². The number of aliphatic hydroxyl groups excluding tert-OH is 1. The van der Waals surface area contributed by atoms with Crippen LogP contribution in [0.2, 0.25) is 0 Å². The van der Waals surface area contributed by atoms with Gasteiger partial charge in [0.1, 0.15) is 5.69 Å². The van der Waals surface area contributed by atoms with Crippen LogP contribution in [0.25, 0.3) is 0 Å². The largest absolute Gasteiger partial charge is 1.00 e. The maximum absolute atomic E-state index is 12.4. The van der Waals surface area contributed by atoms with Crippen molar-refractivity contribution in [3.8, 4) is 0 Å². The Hall–Kier alpha value is -1.11. The Bertz CT molecular complexity index is 988. The summed E-state index contributed by atoms with van der Waals surface area (Å²) >= 11 is 2.89. The molecule has 1 saturated carbocycles. The van der Waals surface area contributed by atoms with Gasteiger partial charge in [0.05, 0.1) is 29.7 Å². The van der Waals surface area contributed by atoms with Gasteiger partial charge in [0.25, 0.3) is 5.91 Å². The number of amides is 2. The molecule has 32 heavy (non-hydrogen) atoms. The van der Waals surface area contributed by atoms with Gasteiger partial charge in [0.15, 0.2) is 5.13 Å². The maximum atomic E-state index is 12.4. The number of nitrogens with one attached hydrogen (secondary N) is 1. The van der Waals surface area contributed by atoms with Crippen molar-refractivity contribution in [1.82, 2.24) is 15.2 Å². The van der Waals surface area contributed by atoms with Crippen molar-refractivity contribution in [1.29, 1.82) is 0 Å². The molecule has 2 N–H and O–H groups in total. The molecule has 166 valence electrons. The summed E-state index contributed by atoms with van der Waals surface area (Å²) in [6.07, 6.45) is 1.23. The molecule has 0 radical (unpaired) electrons. The molecule has 0 spiro atoms. The standard InChI is InChI=1S/C20H24N4O5S2.Na/c1-8-14-13(9(2)25)18(27)24(14)15(19(28)29)16(8)31-11-5-23(6-11)20-22-12(7-30-20)17(26)21-10-3-4-10;/h7-11,13-14,25H,3-6H2,1-2H3,(H,21,26)(H,28,29);/q;+1/p-1/t8-,9-,13-,14-;/m1./s1. The van der Waals surface area contributed by atoms with Gasteiger partial charge in [-0.2, -0.15) is 0 Å². The zero-order valence-corrected chi connectivity index (χ0v) is 21.7. The van der Waals surface area contributed by atoms with E-state index in [1.54, 1.807) is 12.3 Å². The predicted molar refractivity (Wildman–Crippen MR) is 113 cm³/mol. The van der Waals surface area contributed by atoms with E-state index in [1.165, 1.54) is 28.0 Å². The van der Waals surface area contributed by atoms with Gasteiger partial charge in [-0.15, -0.1) is 23.1 Å². The first kappa shape index (κ1) is 24.0. The van der Waals surface area contributed by atoms with Gasteiger partial charge in [-0.25, -0.2) is 4.98 Å². The monoisotopic (exact) mass is 486 g/mol. The molecule has 1 aromatic rings. The zero-order valence-electron chi connectivity index (χ0n) is 18.1. The minimum atomic E-state index is -1.35. The number of carbonyl (C=O) groups excluding carboxylic acids is 3. The number of nitrogens with zero attached hydrogens (tertiary/aromatic N) is 3. The van der Waals surface area contributed by atoms with E-state index in [9.17, 15) is 24.6 Å². The Kier molecular flexibility index (Phi) is 6.70. The molecule has 2 amide bonds. The van der Waals surface area contributed by atoms with E-state index < -0.39 is 18.0 Å². The molecule has 3 fully saturated rings. The minimum Gasteiger partial charge on any atom is -0.543 e. The summed E-state index contributed by atoms with van der Waals surface area (Å²) in [5.74, 6) is -2.58. The first-order valence-corrected chi connectivity index (χ1v) is 12.2. The number of β-lactam (4-membered cyclic amide) rings is 1. The predicted octanol–water partition coefficient (Wildman–Crippen LogP) is -3.22. The second-order valence-corrected chi connectivity index (χ2v) is 10.8. The van der Waals surface area contributed by atoms with Gasteiger partial charge < -0.3 is 30.1 Å². The summed E-state index contributed by atoms with van der Waals surface area (Å²) in [6, 6.07) is -0.0426. The number of aliphatic carboxylic acids is 1. The molecule has 1 aliphatic carbocycles. The fourth-order valence-electron chi connectivity index (χ4n) is 4.52. The number of hydrogen-bond acceptors (Lipinski definition) is 9. The molecule has 4 atom stereocenters. The number of fused-ring (bicyclic) bond motifs is 1. The Morgan fingerprint density at radius 3 is 2.66 bits per heavy atom. The smallest absolute Gasteiger partial charge is 0.543 e. The van der Waals surface area contributed by atoms with Crippen molar-refractivity contribution in [2.75, 3.05) is 18.0 Å². The van der Waals surface area contributed by atoms with Crippen LogP contribution >= 0.6 is 23.1 Å². The Balaban J connectivity index is 0.00000245. The number of anilines is 1. The van der Waals surface area contributed by atoms with Crippen LogP contribution in [0.1, 0.15) is 37.2 Å². The number of carboxylic acid groups (broad SMARTS) is 1. The van der Waals surface area contributed by atoms with Gasteiger partial charge in [0.2, 0.25) is 5.91 Å². The molecule has 0 bridgehead atoms. The molecular weight excluding hydrogens is 463 g/mol. The van der Waals surface area contributed by atoms with E-state index in [2.05, 4.69) is 15.2 Å². The van der Waals surface area contributed by atoms with Gasteiger partial charge in [-0.05, 0) is 19.8 Å². The SMILES string of the molecule is C[C@@H](O)[C@H]1C(=O)N2C(C(=O)[O-])=C(SC3CN(c4nc(C(=O)NC5CC5)cs4)C3)[C@H](C)[C@H]12.[Na+]. The van der Waals surface area contributed by atoms with E-state index in [0.29, 0.717) is 23.7 Å². The van der Waals surface area contributed by atoms with Gasteiger partial charge in [0, 0.05) is 40.6 Å². The van der Waals surface area contributed by atoms with Crippen LogP contribution in [0.3, 0.4) is 0 Å². The van der Waals surface area contributed by atoms with Crippen molar-refractivity contribution in [2.45, 2.75) is 50.1 Å². The average Bonchev–Trinajstić information content (AvgIpc) is 3.27. The third-order valence-corrected chi connectivity index (χ3v) is 8.70. The van der Waals surface area contributed by atoms with Gasteiger partial charge in [-0.1, -0.05) is 6.92 Å². The number of hydrogen-bond donors (Lipinski definition) is 2. The third kappa shape index (κ3) is 4.01. The summed E-state index contributed by atoms with van der Waals surface area (Å²) in [4.78, 5) is 44.8. The van der Waals surface area contributed by atoms with Crippen LogP contribution in [-0.2, 0) is 9.59 Å². The molecule has 4 heterocycles. The molecule has 12 heteroatoms. The van der Waals surface area contributed by atoms with Crippen LogP contribution < -0.4 is 44.9 Å². The van der Waals surface area contributed by atoms with Crippen LogP contribution in [0.5, 0.6) is 0 Å². The number of aromatic nitrogens is 1. The van der Waals surface area contributed by atoms with Crippen molar-refractivity contribution in [2.24, 2.45) is 11.8 Å². The summed E-state index contributed by atoms with van der Waals surface area (Å²) in [6.45, 7) is 4.82. The summed E-state index contributed by atoms with van der Waals surface area (Å²) in [5.41, 5.74) is 0.387. The first-order chi connectivity index (χ1) is 14.8. The third-order valence-electron chi connectivity index (χ3n) is 6.35. The minimum absolute atomic E-state index is 0. The van der Waals surface area contributed by atoms with Crippen LogP contribution in [0.15, 0.2) is 16.0 Å². The Morgan fingerprint density at radius 2 is 2.06 bits per heavy atom. The molecule has 0 unspecified atom stereocenters. The van der Waals surface area contributed by atoms with E-state index in [-0.39, 0.29) is 70.3 Å². The Morgan fingerprint density at radius 1 is 1.38 bits per heavy atom. The number of carbonyl (C=O) groups is 3. The molecule has 4 aliphatic rings. The molecule has 1 aromatic heterocycles. The average molecular weight is 487 g/mol. The molecule has 5 rings (SSSR count). The summed E-state index contributed by atoms with van der Waals surface area (Å²) in [5, 5.41) is 27.3. The molecular formula is C20H23N4NaO5S2. The van der Waals surface area contributed by atoms with Crippen LogP contribution in [0, 0.1) is 11.8 Å². The first-order valence-electron chi connectivity index (χ1n) is 10.4. The summed E-state index contributed by atoms with van der Waals surface area (Å²) < 4.78 is 0. The second-order valence-electron chi connectivity index (χ2n) is 8.66. The second kappa shape index (κ2) is 8.92. The quantitative estimate of drug-likeness (QED) is 0.305. The van der Waals surface area contributed by atoms with Crippen molar-refractivity contribution in [3.63, 3.8) is 0 Å². The van der Waals surface area contributed by atoms with Gasteiger partial charge >= 0.3 is 29.6 Å². The van der Waals surface area contributed by atoms with Crippen molar-refractivity contribution < 1.29 is 54.2 Å².